The molecular formula is C11H11F2NO4. The van der Waals surface area contributed by atoms with E-state index in [1.54, 1.807) is 0 Å². The third-order valence-corrected chi connectivity index (χ3v) is 2.18. The van der Waals surface area contributed by atoms with Gasteiger partial charge in [0.15, 0.2) is 5.60 Å². The fourth-order valence-electron chi connectivity index (χ4n) is 1.11. The normalized spacial score (nSPS) is 13.8. The number of carbonyl (C=O) groups is 2. The summed E-state index contributed by atoms with van der Waals surface area (Å²) in [6.45, 7) is 0.404. The van der Waals surface area contributed by atoms with Gasteiger partial charge in [0.2, 0.25) is 0 Å². The lowest BCUT2D eigenvalue weighted by Gasteiger charge is -2.18. The molecule has 0 spiro atoms. The van der Waals surface area contributed by atoms with Crippen molar-refractivity contribution in [2.75, 3.05) is 6.54 Å². The smallest absolute Gasteiger partial charge is 0.337 e. The van der Waals surface area contributed by atoms with Gasteiger partial charge in [0, 0.05) is 11.6 Å². The minimum Gasteiger partial charge on any atom is -0.479 e. The predicted octanol–water partition coefficient (Wildman–Crippen LogP) is 0.530. The number of amides is 1. The second-order valence-electron chi connectivity index (χ2n) is 3.92. The number of carboxylic acid groups (broad SMARTS) is 1. The van der Waals surface area contributed by atoms with Crippen LogP contribution in [0, 0.1) is 11.6 Å². The van der Waals surface area contributed by atoms with Crippen LogP contribution in [0.1, 0.15) is 17.3 Å². The van der Waals surface area contributed by atoms with Crippen LogP contribution in [0.25, 0.3) is 0 Å². The Hall–Kier alpha value is -2.02. The summed E-state index contributed by atoms with van der Waals surface area (Å²) in [7, 11) is 0. The molecule has 0 heterocycles. The first-order valence-corrected chi connectivity index (χ1v) is 4.92. The van der Waals surface area contributed by atoms with Gasteiger partial charge in [-0.3, -0.25) is 4.79 Å². The number of aliphatic hydroxyl groups is 1. The van der Waals surface area contributed by atoms with Gasteiger partial charge in [0.1, 0.15) is 11.6 Å². The van der Waals surface area contributed by atoms with Crippen LogP contribution >= 0.6 is 0 Å². The van der Waals surface area contributed by atoms with Gasteiger partial charge in [0.25, 0.3) is 5.91 Å². The molecule has 1 aromatic rings. The van der Waals surface area contributed by atoms with Gasteiger partial charge in [-0.1, -0.05) is 0 Å². The minimum absolute atomic E-state index is 0.298. The molecule has 0 bridgehead atoms. The summed E-state index contributed by atoms with van der Waals surface area (Å²) in [6, 6.07) is 2.20. The third kappa shape index (κ3) is 3.49. The van der Waals surface area contributed by atoms with Gasteiger partial charge in [-0.2, -0.15) is 0 Å². The van der Waals surface area contributed by atoms with E-state index < -0.39 is 35.7 Å². The van der Waals surface area contributed by atoms with Crippen molar-refractivity contribution in [3.05, 3.63) is 35.4 Å². The zero-order valence-corrected chi connectivity index (χ0v) is 9.41. The second-order valence-corrected chi connectivity index (χ2v) is 3.92. The molecule has 18 heavy (non-hydrogen) atoms. The Labute approximate surface area is 101 Å². The summed E-state index contributed by atoms with van der Waals surface area (Å²) in [5.74, 6) is -4.25. The molecule has 0 radical (unpaired) electrons. The van der Waals surface area contributed by atoms with Crippen LogP contribution < -0.4 is 5.32 Å². The maximum atomic E-state index is 12.8. The average molecular weight is 259 g/mol. The standard InChI is InChI=1S/C11H11F2NO4/c1-11(18,10(16)17)5-14-9(15)6-2-7(12)4-8(13)3-6/h2-4,18H,5H2,1H3,(H,14,15)(H,16,17). The average Bonchev–Trinajstić information content (AvgIpc) is 2.24. The van der Waals surface area contributed by atoms with Crippen molar-refractivity contribution in [2.45, 2.75) is 12.5 Å². The van der Waals surface area contributed by atoms with E-state index in [4.69, 9.17) is 5.11 Å². The molecule has 1 rings (SSSR count). The Bertz CT molecular complexity index is 468. The number of nitrogens with one attached hydrogen (secondary N) is 1. The fraction of sp³-hybridized carbons (Fsp3) is 0.273. The molecular weight excluding hydrogens is 248 g/mol. The SMILES string of the molecule is CC(O)(CNC(=O)c1cc(F)cc(F)c1)C(=O)O. The maximum absolute atomic E-state index is 12.8. The van der Waals surface area contributed by atoms with Crippen LogP contribution in [0.5, 0.6) is 0 Å². The molecule has 0 saturated heterocycles. The first-order chi connectivity index (χ1) is 8.22. The van der Waals surface area contributed by atoms with Crippen LogP contribution in [-0.4, -0.2) is 34.2 Å². The van der Waals surface area contributed by atoms with Crippen molar-refractivity contribution in [1.29, 1.82) is 0 Å². The lowest BCUT2D eigenvalue weighted by atomic mass is 10.1. The topological polar surface area (TPSA) is 86.6 Å². The molecule has 5 nitrogen and oxygen atoms in total. The van der Waals surface area contributed by atoms with E-state index >= 15 is 0 Å². The molecule has 1 amide bonds. The predicted molar refractivity (Wildman–Crippen MR) is 57.0 cm³/mol. The van der Waals surface area contributed by atoms with Crippen molar-refractivity contribution in [1.82, 2.24) is 5.32 Å². The number of aliphatic carboxylic acids is 1. The van der Waals surface area contributed by atoms with E-state index in [2.05, 4.69) is 5.32 Å². The fourth-order valence-corrected chi connectivity index (χ4v) is 1.11. The molecule has 0 aliphatic rings. The number of carboxylic acids is 1. The lowest BCUT2D eigenvalue weighted by Crippen LogP contribution is -2.46. The Morgan fingerprint density at radius 2 is 1.78 bits per heavy atom. The molecule has 98 valence electrons. The summed E-state index contributed by atoms with van der Waals surface area (Å²) in [5.41, 5.74) is -2.45. The number of carbonyl (C=O) groups excluding carboxylic acids is 1. The number of hydrogen-bond acceptors (Lipinski definition) is 3. The maximum Gasteiger partial charge on any atom is 0.337 e. The molecule has 0 aliphatic carbocycles. The van der Waals surface area contributed by atoms with Crippen molar-refractivity contribution < 1.29 is 28.6 Å². The summed E-state index contributed by atoms with van der Waals surface area (Å²) >= 11 is 0. The van der Waals surface area contributed by atoms with Crippen LogP contribution in [0.15, 0.2) is 18.2 Å². The van der Waals surface area contributed by atoms with Crippen LogP contribution in [0.3, 0.4) is 0 Å². The van der Waals surface area contributed by atoms with Crippen molar-refractivity contribution in [2.24, 2.45) is 0 Å². The van der Waals surface area contributed by atoms with Gasteiger partial charge in [-0.25, -0.2) is 13.6 Å². The summed E-state index contributed by atoms with van der Waals surface area (Å²) in [5, 5.41) is 20.0. The van der Waals surface area contributed by atoms with Gasteiger partial charge in [0.05, 0.1) is 6.54 Å². The monoisotopic (exact) mass is 259 g/mol. The van der Waals surface area contributed by atoms with Crippen molar-refractivity contribution >= 4 is 11.9 Å². The Balaban J connectivity index is 2.75. The first kappa shape index (κ1) is 14.0. The summed E-state index contributed by atoms with van der Waals surface area (Å²) < 4.78 is 25.7. The van der Waals surface area contributed by atoms with E-state index in [1.165, 1.54) is 0 Å². The highest BCUT2D eigenvalue weighted by Gasteiger charge is 2.30. The molecule has 1 unspecified atom stereocenters. The molecule has 1 atom stereocenters. The van der Waals surface area contributed by atoms with E-state index in [0.717, 1.165) is 19.1 Å². The number of halogens is 2. The molecule has 0 fully saturated rings. The van der Waals surface area contributed by atoms with E-state index in [0.29, 0.717) is 6.07 Å². The highest BCUT2D eigenvalue weighted by atomic mass is 19.1. The van der Waals surface area contributed by atoms with E-state index in [9.17, 15) is 23.5 Å². The number of benzene rings is 1. The number of rotatable bonds is 4. The summed E-state index contributed by atoms with van der Waals surface area (Å²) in [6.07, 6.45) is 0. The lowest BCUT2D eigenvalue weighted by molar-refractivity contribution is -0.155. The van der Waals surface area contributed by atoms with Crippen LogP contribution in [0.2, 0.25) is 0 Å². The minimum atomic E-state index is -2.15. The molecule has 1 aromatic carbocycles. The zero-order valence-electron chi connectivity index (χ0n) is 9.41. The summed E-state index contributed by atoms with van der Waals surface area (Å²) in [4.78, 5) is 22.0. The van der Waals surface area contributed by atoms with Gasteiger partial charge in [-0.15, -0.1) is 0 Å². The largest absolute Gasteiger partial charge is 0.479 e. The molecule has 7 heteroatoms. The number of hydrogen-bond donors (Lipinski definition) is 3. The van der Waals surface area contributed by atoms with Crippen LogP contribution in [-0.2, 0) is 4.79 Å². The molecule has 0 aliphatic heterocycles. The van der Waals surface area contributed by atoms with Crippen LogP contribution in [0.4, 0.5) is 8.78 Å². The van der Waals surface area contributed by atoms with E-state index in [1.807, 2.05) is 0 Å². The quantitative estimate of drug-likeness (QED) is 0.736. The Morgan fingerprint density at radius 3 is 2.22 bits per heavy atom. The first-order valence-electron chi connectivity index (χ1n) is 4.92. The van der Waals surface area contributed by atoms with Crippen molar-refractivity contribution in [3.63, 3.8) is 0 Å². The molecule has 0 aromatic heterocycles. The van der Waals surface area contributed by atoms with Gasteiger partial charge >= 0.3 is 5.97 Å². The second kappa shape index (κ2) is 5.09. The Kier molecular flexibility index (Phi) is 3.97. The third-order valence-electron chi connectivity index (χ3n) is 2.18. The zero-order chi connectivity index (χ0) is 13.9. The highest BCUT2D eigenvalue weighted by molar-refractivity contribution is 5.94. The molecule has 3 N–H and O–H groups in total. The highest BCUT2D eigenvalue weighted by Crippen LogP contribution is 2.08. The van der Waals surface area contributed by atoms with Crippen molar-refractivity contribution in [3.8, 4) is 0 Å². The van der Waals surface area contributed by atoms with E-state index in [-0.39, 0.29) is 5.56 Å². The van der Waals surface area contributed by atoms with Gasteiger partial charge < -0.3 is 15.5 Å². The Morgan fingerprint density at radius 1 is 1.28 bits per heavy atom. The molecule has 0 saturated carbocycles. The van der Waals surface area contributed by atoms with Gasteiger partial charge in [-0.05, 0) is 19.1 Å².